The Morgan fingerprint density at radius 1 is 1.25 bits per heavy atom. The Bertz CT molecular complexity index is 248. The van der Waals surface area contributed by atoms with E-state index in [0.29, 0.717) is 19.6 Å². The molecule has 0 fully saturated rings. The Labute approximate surface area is 98.4 Å². The molecule has 6 heteroatoms. The van der Waals surface area contributed by atoms with Crippen LogP contribution in [0.2, 0.25) is 0 Å². The van der Waals surface area contributed by atoms with Crippen molar-refractivity contribution in [2.75, 3.05) is 45.5 Å². The van der Waals surface area contributed by atoms with Gasteiger partial charge in [-0.05, 0) is 13.0 Å². The van der Waals surface area contributed by atoms with E-state index in [2.05, 4.69) is 5.32 Å². The van der Waals surface area contributed by atoms with E-state index >= 15 is 0 Å². The first kappa shape index (κ1) is 15.8. The summed E-state index contributed by atoms with van der Waals surface area (Å²) >= 11 is 0. The zero-order chi connectivity index (χ0) is 12.4. The van der Waals surface area contributed by atoms with Gasteiger partial charge in [0.2, 0.25) is 0 Å². The van der Waals surface area contributed by atoms with E-state index in [1.54, 1.807) is 14.2 Å². The molecule has 0 saturated carbocycles. The molecule has 0 amide bonds. The molecule has 1 unspecified atom stereocenters. The number of likely N-dealkylation sites (N-methyl/N-ethyl adjacent to an activating group) is 1. The van der Waals surface area contributed by atoms with Crippen molar-refractivity contribution >= 4 is 9.84 Å². The van der Waals surface area contributed by atoms with Gasteiger partial charge >= 0.3 is 0 Å². The molecule has 0 heterocycles. The number of rotatable bonds is 10. The summed E-state index contributed by atoms with van der Waals surface area (Å²) in [4.78, 5) is 0. The van der Waals surface area contributed by atoms with Crippen LogP contribution in [0.5, 0.6) is 0 Å². The molecule has 0 radical (unpaired) electrons. The van der Waals surface area contributed by atoms with Gasteiger partial charge in [0.1, 0.15) is 0 Å². The van der Waals surface area contributed by atoms with Gasteiger partial charge in [-0.3, -0.25) is 0 Å². The Hall–Kier alpha value is -0.170. The average Bonchev–Trinajstić information content (AvgIpc) is 2.18. The van der Waals surface area contributed by atoms with E-state index in [4.69, 9.17) is 9.47 Å². The number of hydrogen-bond donors (Lipinski definition) is 1. The predicted molar refractivity (Wildman–Crippen MR) is 64.5 cm³/mol. The van der Waals surface area contributed by atoms with Gasteiger partial charge in [-0.1, -0.05) is 6.92 Å². The predicted octanol–water partition coefficient (Wildman–Crippen LogP) is 0.0622. The lowest BCUT2D eigenvalue weighted by atomic mass is 10.3. The first-order valence-electron chi connectivity index (χ1n) is 5.47. The number of sulfone groups is 1. The van der Waals surface area contributed by atoms with Crippen LogP contribution in [-0.4, -0.2) is 59.9 Å². The summed E-state index contributed by atoms with van der Waals surface area (Å²) in [6.45, 7) is 3.58. The summed E-state index contributed by atoms with van der Waals surface area (Å²) in [5, 5.41) is 3.09. The van der Waals surface area contributed by atoms with E-state index in [0.717, 1.165) is 6.54 Å². The van der Waals surface area contributed by atoms with Crippen molar-refractivity contribution in [3.05, 3.63) is 0 Å². The van der Waals surface area contributed by atoms with Crippen LogP contribution < -0.4 is 5.32 Å². The van der Waals surface area contributed by atoms with E-state index in [-0.39, 0.29) is 17.5 Å². The summed E-state index contributed by atoms with van der Waals surface area (Å²) in [6, 6.07) is -0.123. The molecule has 0 bridgehead atoms. The Morgan fingerprint density at radius 2 is 1.94 bits per heavy atom. The molecule has 1 N–H and O–H groups in total. The van der Waals surface area contributed by atoms with Crippen LogP contribution in [0.1, 0.15) is 13.3 Å². The minimum Gasteiger partial charge on any atom is -0.385 e. The highest BCUT2D eigenvalue weighted by atomic mass is 32.2. The number of ether oxygens (including phenoxy) is 2. The lowest BCUT2D eigenvalue weighted by molar-refractivity contribution is 0.173. The summed E-state index contributed by atoms with van der Waals surface area (Å²) in [5.74, 6) is 0.296. The second-order valence-electron chi connectivity index (χ2n) is 3.67. The third-order valence-electron chi connectivity index (χ3n) is 2.12. The molecule has 1 atom stereocenters. The molecular weight excluding hydrogens is 230 g/mol. The normalized spacial score (nSPS) is 13.9. The van der Waals surface area contributed by atoms with Gasteiger partial charge in [-0.25, -0.2) is 8.42 Å². The van der Waals surface area contributed by atoms with Crippen LogP contribution in [0.3, 0.4) is 0 Å². The van der Waals surface area contributed by atoms with Crippen molar-refractivity contribution < 1.29 is 17.9 Å². The van der Waals surface area contributed by atoms with Crippen LogP contribution in [0.15, 0.2) is 0 Å². The zero-order valence-corrected chi connectivity index (χ0v) is 11.2. The number of methoxy groups -OCH3 is 2. The van der Waals surface area contributed by atoms with Crippen LogP contribution in [0.25, 0.3) is 0 Å². The second kappa shape index (κ2) is 8.92. The minimum absolute atomic E-state index is 0.123. The van der Waals surface area contributed by atoms with Crippen LogP contribution >= 0.6 is 0 Å². The largest absolute Gasteiger partial charge is 0.385 e. The highest BCUT2D eigenvalue weighted by Crippen LogP contribution is 1.99. The fraction of sp³-hybridized carbons (Fsp3) is 1.00. The van der Waals surface area contributed by atoms with Gasteiger partial charge in [0, 0.05) is 26.9 Å². The molecule has 0 aliphatic rings. The summed E-state index contributed by atoms with van der Waals surface area (Å²) in [5.41, 5.74) is 0. The molecule has 0 aromatic carbocycles. The van der Waals surface area contributed by atoms with Crippen LogP contribution in [0.4, 0.5) is 0 Å². The molecule has 0 aromatic rings. The first-order valence-corrected chi connectivity index (χ1v) is 7.29. The molecule has 0 aliphatic heterocycles. The maximum atomic E-state index is 11.7. The maximum absolute atomic E-state index is 11.7. The van der Waals surface area contributed by atoms with Gasteiger partial charge in [0.15, 0.2) is 9.84 Å². The van der Waals surface area contributed by atoms with E-state index < -0.39 is 9.84 Å². The lowest BCUT2D eigenvalue weighted by Gasteiger charge is -2.16. The number of nitrogens with one attached hydrogen (secondary N) is 1. The Morgan fingerprint density at radius 3 is 2.44 bits per heavy atom. The molecule has 98 valence electrons. The second-order valence-corrected chi connectivity index (χ2v) is 5.90. The van der Waals surface area contributed by atoms with Gasteiger partial charge < -0.3 is 14.8 Å². The van der Waals surface area contributed by atoms with Crippen molar-refractivity contribution in [2.24, 2.45) is 0 Å². The molecule has 0 aromatic heterocycles. The quantitative estimate of drug-likeness (QED) is 0.558. The molecule has 5 nitrogen and oxygen atoms in total. The summed E-state index contributed by atoms with van der Waals surface area (Å²) < 4.78 is 33.2. The topological polar surface area (TPSA) is 64.6 Å². The average molecular weight is 253 g/mol. The standard InChI is InChI=1S/C10H23NO4S/c1-4-11-10(8-15-3)9-16(12,13)7-5-6-14-2/h10-11H,4-9H2,1-3H3. The van der Waals surface area contributed by atoms with E-state index in [9.17, 15) is 8.42 Å². The third kappa shape index (κ3) is 8.04. The van der Waals surface area contributed by atoms with Gasteiger partial charge in [-0.15, -0.1) is 0 Å². The van der Waals surface area contributed by atoms with Crippen molar-refractivity contribution in [1.29, 1.82) is 0 Å². The fourth-order valence-electron chi connectivity index (χ4n) is 1.47. The molecule has 16 heavy (non-hydrogen) atoms. The highest BCUT2D eigenvalue weighted by Gasteiger charge is 2.18. The van der Waals surface area contributed by atoms with Crippen LogP contribution in [0, 0.1) is 0 Å². The van der Waals surface area contributed by atoms with Gasteiger partial charge in [-0.2, -0.15) is 0 Å². The molecular formula is C10H23NO4S. The van der Waals surface area contributed by atoms with Gasteiger partial charge in [0.05, 0.1) is 18.1 Å². The van der Waals surface area contributed by atoms with Gasteiger partial charge in [0.25, 0.3) is 0 Å². The Kier molecular flexibility index (Phi) is 8.83. The van der Waals surface area contributed by atoms with Crippen molar-refractivity contribution in [1.82, 2.24) is 5.32 Å². The SMILES string of the molecule is CCNC(COC)CS(=O)(=O)CCCOC. The van der Waals surface area contributed by atoms with Crippen molar-refractivity contribution in [3.8, 4) is 0 Å². The molecule has 0 saturated heterocycles. The minimum atomic E-state index is -3.02. The van der Waals surface area contributed by atoms with E-state index in [1.165, 1.54) is 0 Å². The third-order valence-corrected chi connectivity index (χ3v) is 3.94. The summed E-state index contributed by atoms with van der Waals surface area (Å²) in [6.07, 6.45) is 0.546. The smallest absolute Gasteiger partial charge is 0.152 e. The maximum Gasteiger partial charge on any atom is 0.152 e. The zero-order valence-electron chi connectivity index (χ0n) is 10.4. The first-order chi connectivity index (χ1) is 7.55. The highest BCUT2D eigenvalue weighted by molar-refractivity contribution is 7.91. The lowest BCUT2D eigenvalue weighted by Crippen LogP contribution is -2.39. The summed E-state index contributed by atoms with van der Waals surface area (Å²) in [7, 11) is 0.120. The van der Waals surface area contributed by atoms with Crippen molar-refractivity contribution in [3.63, 3.8) is 0 Å². The molecule has 0 aliphatic carbocycles. The Balaban J connectivity index is 4.08. The monoisotopic (exact) mass is 253 g/mol. The van der Waals surface area contributed by atoms with Crippen molar-refractivity contribution in [2.45, 2.75) is 19.4 Å². The van der Waals surface area contributed by atoms with E-state index in [1.807, 2.05) is 6.92 Å². The number of hydrogen-bond acceptors (Lipinski definition) is 5. The molecule has 0 rings (SSSR count). The fourth-order valence-corrected chi connectivity index (χ4v) is 3.02. The van der Waals surface area contributed by atoms with Crippen LogP contribution in [-0.2, 0) is 19.3 Å². The molecule has 0 spiro atoms.